The van der Waals surface area contributed by atoms with Crippen LogP contribution in [-0.4, -0.2) is 144 Å². The van der Waals surface area contributed by atoms with Crippen molar-refractivity contribution in [2.24, 2.45) is 0 Å². The van der Waals surface area contributed by atoms with Crippen molar-refractivity contribution in [3.05, 3.63) is 62.7 Å². The number of pyridine rings is 2. The van der Waals surface area contributed by atoms with E-state index in [0.717, 1.165) is 28.0 Å². The van der Waals surface area contributed by atoms with E-state index in [1.807, 2.05) is 0 Å². The average molecular weight is 1020 g/mol. The molecule has 6 heterocycles. The zero-order chi connectivity index (χ0) is 52.7. The molecule has 7 rings (SSSR count). The Hall–Kier alpha value is -8.13. The van der Waals surface area contributed by atoms with Gasteiger partial charge in [0.05, 0.1) is 61.8 Å². The Morgan fingerprint density at radius 2 is 1.52 bits per heavy atom. The van der Waals surface area contributed by atoms with Gasteiger partial charge in [0.2, 0.25) is 41.4 Å². The van der Waals surface area contributed by atoms with Crippen molar-refractivity contribution in [3.8, 4) is 17.1 Å². The lowest BCUT2D eigenvalue weighted by Gasteiger charge is -2.31. The predicted octanol–water partition coefficient (Wildman–Crippen LogP) is -2.20. The summed E-state index contributed by atoms with van der Waals surface area (Å²) in [7, 11) is 0. The van der Waals surface area contributed by atoms with Crippen LogP contribution in [0, 0.1) is 12.7 Å². The van der Waals surface area contributed by atoms with Crippen LogP contribution in [0.3, 0.4) is 0 Å². The molecule has 0 radical (unpaired) electrons. The number of hydrogen-bond acceptors (Lipinski definition) is 16. The van der Waals surface area contributed by atoms with E-state index in [4.69, 9.17) is 19.2 Å². The number of nitrogens with one attached hydrogen (secondary N) is 6. The molecule has 0 aliphatic carbocycles. The van der Waals surface area contributed by atoms with Gasteiger partial charge in [0, 0.05) is 67.3 Å². The monoisotopic (exact) mass is 1020 g/mol. The van der Waals surface area contributed by atoms with Crippen LogP contribution in [-0.2, 0) is 76.2 Å². The molecule has 0 saturated heterocycles. The summed E-state index contributed by atoms with van der Waals surface area (Å²) >= 11 is 0. The quantitative estimate of drug-likeness (QED) is 0.0250. The topological polar surface area (TPSA) is 332 Å². The highest BCUT2D eigenvalue weighted by Gasteiger charge is 2.46. The van der Waals surface area contributed by atoms with E-state index in [0.29, 0.717) is 34.5 Å². The third kappa shape index (κ3) is 11.3. The molecule has 9 amide bonds. The van der Waals surface area contributed by atoms with E-state index in [9.17, 15) is 57.8 Å². The number of amides is 9. The number of rotatable bonds is 22. The fourth-order valence-corrected chi connectivity index (χ4v) is 8.64. The van der Waals surface area contributed by atoms with Gasteiger partial charge in [-0.15, -0.1) is 0 Å². The maximum absolute atomic E-state index is 15.6. The number of anilines is 1. The van der Waals surface area contributed by atoms with Gasteiger partial charge in [-0.25, -0.2) is 14.2 Å². The molecular formula is C47H53FN10O15. The number of carbonyl (C=O) groups is 10. The predicted molar refractivity (Wildman–Crippen MR) is 250 cm³/mol. The highest BCUT2D eigenvalue weighted by molar-refractivity contribution is 6.13. The minimum Gasteiger partial charge on any atom is -0.467 e. The largest absolute Gasteiger partial charge is 0.467 e. The normalized spacial score (nSPS) is 16.4. The summed E-state index contributed by atoms with van der Waals surface area (Å²) in [5.41, 5.74) is -0.449. The summed E-state index contributed by atoms with van der Waals surface area (Å²) in [4.78, 5) is 146. The molecule has 0 fully saturated rings. The summed E-state index contributed by atoms with van der Waals surface area (Å²) < 4.78 is 33.0. The van der Waals surface area contributed by atoms with Gasteiger partial charge in [-0.1, -0.05) is 6.92 Å². The molecule has 2 atom stereocenters. The van der Waals surface area contributed by atoms with Gasteiger partial charge in [0.1, 0.15) is 18.3 Å². The van der Waals surface area contributed by atoms with Crippen molar-refractivity contribution in [1.29, 1.82) is 0 Å². The van der Waals surface area contributed by atoms with Crippen LogP contribution < -0.4 is 47.1 Å². The van der Waals surface area contributed by atoms with Gasteiger partial charge in [0.15, 0.2) is 23.9 Å². The first-order chi connectivity index (χ1) is 34.9. The van der Waals surface area contributed by atoms with Gasteiger partial charge < -0.3 is 55.8 Å². The molecule has 0 saturated carbocycles. The lowest BCUT2D eigenvalue weighted by atomic mass is 9.86. The molecule has 3 aromatic rings. The van der Waals surface area contributed by atoms with Crippen LogP contribution >= 0.6 is 0 Å². The molecular weight excluding hydrogens is 964 g/mol. The second-order valence-electron chi connectivity index (χ2n) is 17.2. The van der Waals surface area contributed by atoms with E-state index >= 15 is 4.39 Å². The SMILES string of the molecule is CCOCCNC(=O)CC[C@H](NC(=O)CCCN1C(=O)C=CC1=O)C(=O)NCC(=O)NCC(=O)NCC(=O)NCC(=O)N1COc2c(F)cc3nc4c(c(C)c3c21)Cn1c-4cc2c(c1=O)COC(=O)[C@]2(O)CC. The zero-order valence-electron chi connectivity index (χ0n) is 40.0. The molecule has 0 bridgehead atoms. The van der Waals surface area contributed by atoms with E-state index in [1.54, 1.807) is 20.8 Å². The minimum atomic E-state index is -2.06. The molecule has 73 heavy (non-hydrogen) atoms. The van der Waals surface area contributed by atoms with Gasteiger partial charge in [-0.3, -0.25) is 57.7 Å². The molecule has 2 aromatic heterocycles. The standard InChI is InChI=1S/C47H53FN10O15/c1-4-47(70)27-15-31-41-25(21-57(31)45(68)26(27)22-72-46(47)69)24(3)40-30(55-41)16-28(48)43-42(40)58(23-73-43)39(66)20-52-35(62)18-50-34(61)17-51-36(63)19-53-44(67)29(8-9-32(59)49-12-14-71-5-2)54-33(60)7-6-13-56-37(64)10-11-38(56)65/h10-11,15-16,29,70H,4-9,12-14,17-23H2,1-3H3,(H,49,59)(H,50,61)(H,51,63)(H,52,62)(H,53,67)(H,54,60)/t29-,47-/m0/s1. The first-order valence-electron chi connectivity index (χ1n) is 23.4. The number of aryl methyl sites for hydroxylation is 1. The number of aliphatic hydroxyl groups is 1. The van der Waals surface area contributed by atoms with Crippen molar-refractivity contribution in [3.63, 3.8) is 0 Å². The number of fused-ring (bicyclic) bond motifs is 7. The number of benzene rings is 1. The summed E-state index contributed by atoms with van der Waals surface area (Å²) in [6.07, 6.45) is 1.73. The van der Waals surface area contributed by atoms with Crippen LogP contribution in [0.4, 0.5) is 10.1 Å². The summed E-state index contributed by atoms with van der Waals surface area (Å²) in [6, 6.07) is 1.38. The lowest BCUT2D eigenvalue weighted by Crippen LogP contribution is -2.50. The molecule has 26 heteroatoms. The smallest absolute Gasteiger partial charge is 0.343 e. The van der Waals surface area contributed by atoms with E-state index in [1.165, 1.54) is 10.6 Å². The summed E-state index contributed by atoms with van der Waals surface area (Å²) in [5.74, 6) is -8.03. The number of halogens is 1. The summed E-state index contributed by atoms with van der Waals surface area (Å²) in [6.45, 7) is 2.74. The van der Waals surface area contributed by atoms with Gasteiger partial charge in [-0.05, 0) is 44.7 Å². The molecule has 25 nitrogen and oxygen atoms in total. The van der Waals surface area contributed by atoms with E-state index in [-0.39, 0.29) is 93.0 Å². The Labute approximate surface area is 414 Å². The van der Waals surface area contributed by atoms with Gasteiger partial charge >= 0.3 is 5.97 Å². The lowest BCUT2D eigenvalue weighted by molar-refractivity contribution is -0.172. The van der Waals surface area contributed by atoms with E-state index < -0.39 is 115 Å². The second-order valence-corrected chi connectivity index (χ2v) is 17.2. The molecule has 7 N–H and O–H groups in total. The van der Waals surface area contributed by atoms with E-state index in [2.05, 4.69) is 31.9 Å². The number of nitrogens with zero attached hydrogens (tertiary/aromatic N) is 4. The van der Waals surface area contributed by atoms with Crippen LogP contribution in [0.5, 0.6) is 5.75 Å². The van der Waals surface area contributed by atoms with Crippen molar-refractivity contribution >= 4 is 75.7 Å². The molecule has 4 aliphatic heterocycles. The Morgan fingerprint density at radius 3 is 2.19 bits per heavy atom. The van der Waals surface area contributed by atoms with Crippen LogP contribution in [0.2, 0.25) is 0 Å². The number of aromatic nitrogens is 2. The number of cyclic esters (lactones) is 1. The molecule has 0 unspecified atom stereocenters. The van der Waals surface area contributed by atoms with Crippen LogP contribution in [0.15, 0.2) is 29.1 Å². The molecule has 1 aromatic carbocycles. The van der Waals surface area contributed by atoms with Gasteiger partial charge in [-0.2, -0.15) is 0 Å². The zero-order valence-corrected chi connectivity index (χ0v) is 40.0. The van der Waals surface area contributed by atoms with Crippen LogP contribution in [0.1, 0.15) is 68.2 Å². The number of hydrogen-bond donors (Lipinski definition) is 7. The fraction of sp³-hybridized carbons (Fsp3) is 0.447. The highest BCUT2D eigenvalue weighted by atomic mass is 19.1. The maximum atomic E-state index is 15.6. The molecule has 388 valence electrons. The number of ether oxygens (including phenoxy) is 3. The van der Waals surface area contributed by atoms with Crippen LogP contribution in [0.25, 0.3) is 22.3 Å². The molecule has 0 spiro atoms. The summed E-state index contributed by atoms with van der Waals surface area (Å²) in [5, 5.41) is 26.0. The Morgan fingerprint density at radius 1 is 0.849 bits per heavy atom. The Bertz CT molecular complexity index is 2900. The second kappa shape index (κ2) is 22.5. The number of esters is 1. The maximum Gasteiger partial charge on any atom is 0.343 e. The number of carbonyl (C=O) groups excluding carboxylic acids is 10. The highest BCUT2D eigenvalue weighted by Crippen LogP contribution is 2.47. The first kappa shape index (κ1) is 52.7. The molecule has 4 aliphatic rings. The van der Waals surface area contributed by atoms with Crippen molar-refractivity contribution in [2.45, 2.75) is 77.7 Å². The van der Waals surface area contributed by atoms with Crippen molar-refractivity contribution < 1.29 is 71.7 Å². The van der Waals surface area contributed by atoms with Crippen molar-refractivity contribution in [1.82, 2.24) is 46.4 Å². The average Bonchev–Trinajstić information content (AvgIpc) is 4.08. The van der Waals surface area contributed by atoms with Gasteiger partial charge in [0.25, 0.3) is 17.4 Å². The fourth-order valence-electron chi connectivity index (χ4n) is 8.64. The Kier molecular flexibility index (Phi) is 16.3. The van der Waals surface area contributed by atoms with Crippen molar-refractivity contribution in [2.75, 3.05) is 64.1 Å². The Balaban J connectivity index is 0.889. The number of imide groups is 1. The third-order valence-electron chi connectivity index (χ3n) is 12.6. The third-order valence-corrected chi connectivity index (χ3v) is 12.6. The first-order valence-corrected chi connectivity index (χ1v) is 23.4. The minimum absolute atomic E-state index is 0.0324.